The molecule has 1 aromatic carbocycles. The van der Waals surface area contributed by atoms with Gasteiger partial charge in [0.05, 0.1) is 23.7 Å². The predicted molar refractivity (Wildman–Crippen MR) is 88.7 cm³/mol. The topological polar surface area (TPSA) is 92.8 Å². The number of nitrogens with zero attached hydrogens (tertiary/aromatic N) is 1. The highest BCUT2D eigenvalue weighted by Crippen LogP contribution is 2.34. The van der Waals surface area contributed by atoms with E-state index < -0.39 is 15.9 Å². The molecule has 1 N–H and O–H groups in total. The van der Waals surface area contributed by atoms with Crippen molar-refractivity contribution in [1.82, 2.24) is 5.32 Å². The first-order valence-electron chi connectivity index (χ1n) is 7.87. The minimum absolute atomic E-state index is 0.0591. The third kappa shape index (κ3) is 3.38. The van der Waals surface area contributed by atoms with Gasteiger partial charge < -0.3 is 15.0 Å². The Morgan fingerprint density at radius 1 is 1.33 bits per heavy atom. The first-order chi connectivity index (χ1) is 11.4. The number of amides is 2. The summed E-state index contributed by atoms with van der Waals surface area (Å²) in [6.45, 7) is 0.120. The van der Waals surface area contributed by atoms with Crippen LogP contribution in [-0.4, -0.2) is 51.4 Å². The summed E-state index contributed by atoms with van der Waals surface area (Å²) in [5, 5.41) is 2.53. The lowest BCUT2D eigenvalue weighted by atomic mass is 10.0. The van der Waals surface area contributed by atoms with Gasteiger partial charge in [-0.1, -0.05) is 12.1 Å². The molecule has 7 nitrogen and oxygen atoms in total. The van der Waals surface area contributed by atoms with Crippen LogP contribution in [0.4, 0.5) is 5.69 Å². The quantitative estimate of drug-likeness (QED) is 0.847. The molecule has 2 atom stereocenters. The number of fused-ring (bicyclic) bond motifs is 1. The van der Waals surface area contributed by atoms with Gasteiger partial charge in [0.15, 0.2) is 15.9 Å². The third-order valence-electron chi connectivity index (χ3n) is 4.40. The number of hydrogen-bond donors (Lipinski definition) is 1. The lowest BCUT2D eigenvalue weighted by Crippen LogP contribution is -2.50. The van der Waals surface area contributed by atoms with Crippen molar-refractivity contribution in [2.24, 2.45) is 5.92 Å². The molecule has 8 heteroatoms. The van der Waals surface area contributed by atoms with Gasteiger partial charge in [-0.05, 0) is 24.5 Å². The molecular weight excluding hydrogens is 332 g/mol. The summed E-state index contributed by atoms with van der Waals surface area (Å²) in [6.07, 6.45) is -0.103. The fourth-order valence-electron chi connectivity index (χ4n) is 3.16. The van der Waals surface area contributed by atoms with Gasteiger partial charge in [-0.2, -0.15) is 0 Å². The monoisotopic (exact) mass is 352 g/mol. The van der Waals surface area contributed by atoms with Crippen LogP contribution in [0.5, 0.6) is 5.75 Å². The van der Waals surface area contributed by atoms with E-state index in [0.717, 1.165) is 0 Å². The maximum atomic E-state index is 12.7. The molecule has 0 spiro atoms. The first-order valence-corrected chi connectivity index (χ1v) is 9.70. The number of benzene rings is 1. The summed E-state index contributed by atoms with van der Waals surface area (Å²) in [6, 6.07) is 7.05. The van der Waals surface area contributed by atoms with Crippen LogP contribution in [0.3, 0.4) is 0 Å². The number of rotatable bonds is 3. The second-order valence-electron chi connectivity index (χ2n) is 6.17. The average Bonchev–Trinajstić information content (AvgIpc) is 2.91. The fraction of sp³-hybridized carbons (Fsp3) is 0.500. The highest BCUT2D eigenvalue weighted by atomic mass is 32.2. The summed E-state index contributed by atoms with van der Waals surface area (Å²) in [4.78, 5) is 26.2. The summed E-state index contributed by atoms with van der Waals surface area (Å²) in [5.41, 5.74) is 0.614. The van der Waals surface area contributed by atoms with Gasteiger partial charge in [0, 0.05) is 13.5 Å². The van der Waals surface area contributed by atoms with E-state index in [4.69, 9.17) is 4.74 Å². The highest BCUT2D eigenvalue weighted by molar-refractivity contribution is 7.91. The van der Waals surface area contributed by atoms with Crippen LogP contribution in [-0.2, 0) is 19.4 Å². The van der Waals surface area contributed by atoms with Gasteiger partial charge in [0.2, 0.25) is 5.91 Å². The zero-order valence-electron chi connectivity index (χ0n) is 13.4. The van der Waals surface area contributed by atoms with Gasteiger partial charge in [-0.15, -0.1) is 0 Å². The van der Waals surface area contributed by atoms with Crippen molar-refractivity contribution in [2.45, 2.75) is 18.9 Å². The molecule has 0 radical (unpaired) electrons. The van der Waals surface area contributed by atoms with Gasteiger partial charge in [-0.25, -0.2) is 8.42 Å². The molecule has 0 aromatic heterocycles. The number of para-hydroxylation sites is 2. The van der Waals surface area contributed by atoms with Crippen molar-refractivity contribution in [2.75, 3.05) is 30.0 Å². The Balaban J connectivity index is 1.80. The summed E-state index contributed by atoms with van der Waals surface area (Å²) >= 11 is 0. The molecule has 0 bridgehead atoms. The van der Waals surface area contributed by atoms with Gasteiger partial charge >= 0.3 is 0 Å². The lowest BCUT2D eigenvalue weighted by Gasteiger charge is -2.34. The molecule has 2 heterocycles. The first kappa shape index (κ1) is 16.8. The SMILES string of the molecule is CNC(=O)[C@@H]1CN(C(=O)C[C@H]2CCS(=O)(=O)C2)c2ccccc2O1. The van der Waals surface area contributed by atoms with E-state index in [1.54, 1.807) is 24.3 Å². The molecule has 130 valence electrons. The van der Waals surface area contributed by atoms with Crippen molar-refractivity contribution >= 4 is 27.3 Å². The number of carbonyl (C=O) groups is 2. The molecule has 1 fully saturated rings. The largest absolute Gasteiger partial charge is 0.477 e. The predicted octanol–water partition coefficient (Wildman–Crippen LogP) is 0.351. The van der Waals surface area contributed by atoms with E-state index in [-0.39, 0.29) is 42.2 Å². The molecule has 0 unspecified atom stereocenters. The summed E-state index contributed by atoms with van der Waals surface area (Å²) < 4.78 is 28.8. The number of ether oxygens (including phenoxy) is 1. The summed E-state index contributed by atoms with van der Waals surface area (Å²) in [5.74, 6) is 0.0444. The molecule has 1 aromatic rings. The van der Waals surface area contributed by atoms with Crippen LogP contribution in [0.25, 0.3) is 0 Å². The van der Waals surface area contributed by atoms with Crippen molar-refractivity contribution in [3.63, 3.8) is 0 Å². The number of carbonyl (C=O) groups excluding carboxylic acids is 2. The van der Waals surface area contributed by atoms with Crippen molar-refractivity contribution in [3.8, 4) is 5.75 Å². The number of hydrogen-bond acceptors (Lipinski definition) is 5. The van der Waals surface area contributed by atoms with Crippen LogP contribution in [0.15, 0.2) is 24.3 Å². The van der Waals surface area contributed by atoms with Gasteiger partial charge in [-0.3, -0.25) is 9.59 Å². The van der Waals surface area contributed by atoms with E-state index in [1.807, 2.05) is 0 Å². The third-order valence-corrected chi connectivity index (χ3v) is 6.24. The smallest absolute Gasteiger partial charge is 0.262 e. The van der Waals surface area contributed by atoms with Crippen LogP contribution >= 0.6 is 0 Å². The Morgan fingerprint density at radius 3 is 2.75 bits per heavy atom. The maximum Gasteiger partial charge on any atom is 0.262 e. The molecule has 2 aliphatic rings. The van der Waals surface area contributed by atoms with Crippen LogP contribution in [0, 0.1) is 5.92 Å². The molecule has 3 rings (SSSR count). The van der Waals surface area contributed by atoms with E-state index in [2.05, 4.69) is 5.32 Å². The van der Waals surface area contributed by atoms with Crippen LogP contribution in [0.1, 0.15) is 12.8 Å². The standard InChI is InChI=1S/C16H20N2O5S/c1-17-16(20)14-9-18(12-4-2-3-5-13(12)23-14)15(19)8-11-6-7-24(21,22)10-11/h2-5,11,14H,6-10H2,1H3,(H,17,20)/t11-,14+/m1/s1. The Kier molecular flexibility index (Phi) is 4.49. The summed E-state index contributed by atoms with van der Waals surface area (Å²) in [7, 11) is -1.50. The van der Waals surface area contributed by atoms with Crippen LogP contribution in [0.2, 0.25) is 0 Å². The molecular formula is C16H20N2O5S. The maximum absolute atomic E-state index is 12.7. The number of nitrogens with one attached hydrogen (secondary N) is 1. The molecule has 0 saturated carbocycles. The zero-order valence-corrected chi connectivity index (χ0v) is 14.2. The minimum Gasteiger partial charge on any atom is -0.477 e. The zero-order chi connectivity index (χ0) is 17.3. The molecule has 2 amide bonds. The van der Waals surface area contributed by atoms with Gasteiger partial charge in [0.25, 0.3) is 5.91 Å². The minimum atomic E-state index is -3.02. The van der Waals surface area contributed by atoms with Crippen molar-refractivity contribution < 1.29 is 22.7 Å². The Hall–Kier alpha value is -2.09. The van der Waals surface area contributed by atoms with Crippen molar-refractivity contribution in [3.05, 3.63) is 24.3 Å². The molecule has 24 heavy (non-hydrogen) atoms. The van der Waals surface area contributed by atoms with Gasteiger partial charge in [0.1, 0.15) is 5.75 Å². The molecule has 1 saturated heterocycles. The van der Waals surface area contributed by atoms with E-state index in [1.165, 1.54) is 11.9 Å². The van der Waals surface area contributed by atoms with E-state index >= 15 is 0 Å². The molecule has 0 aliphatic carbocycles. The van der Waals surface area contributed by atoms with E-state index in [9.17, 15) is 18.0 Å². The number of sulfone groups is 1. The lowest BCUT2D eigenvalue weighted by molar-refractivity contribution is -0.128. The Bertz CT molecular complexity index is 761. The Labute approximate surface area is 140 Å². The number of anilines is 1. The highest BCUT2D eigenvalue weighted by Gasteiger charge is 2.36. The second kappa shape index (κ2) is 6.43. The fourth-order valence-corrected chi connectivity index (χ4v) is 5.02. The van der Waals surface area contributed by atoms with Crippen molar-refractivity contribution in [1.29, 1.82) is 0 Å². The average molecular weight is 352 g/mol. The molecule has 2 aliphatic heterocycles. The normalized spacial score (nSPS) is 24.8. The van der Waals surface area contributed by atoms with Crippen LogP contribution < -0.4 is 15.0 Å². The second-order valence-corrected chi connectivity index (χ2v) is 8.39. The number of likely N-dealkylation sites (N-methyl/N-ethyl adjacent to an activating group) is 1. The van der Waals surface area contributed by atoms with E-state index in [0.29, 0.717) is 17.9 Å². The Morgan fingerprint density at radius 2 is 2.08 bits per heavy atom.